The van der Waals surface area contributed by atoms with Gasteiger partial charge in [0.1, 0.15) is 5.69 Å². The first-order valence-electron chi connectivity index (χ1n) is 14.4. The molecule has 1 aliphatic carbocycles. The topological polar surface area (TPSA) is 107 Å². The first kappa shape index (κ1) is 24.8. The molecule has 0 radical (unpaired) electrons. The van der Waals surface area contributed by atoms with Gasteiger partial charge in [0.25, 0.3) is 0 Å². The summed E-state index contributed by atoms with van der Waals surface area (Å²) in [4.78, 5) is 24.9. The van der Waals surface area contributed by atoms with Crippen molar-refractivity contribution in [2.45, 2.75) is 57.2 Å². The first-order chi connectivity index (χ1) is 18.9. The van der Waals surface area contributed by atoms with Gasteiger partial charge in [-0.05, 0) is 58.2 Å². The van der Waals surface area contributed by atoms with E-state index in [0.717, 1.165) is 99.6 Å². The number of nitrogens with one attached hydrogen (secondary N) is 2. The van der Waals surface area contributed by atoms with Crippen LogP contribution in [0.3, 0.4) is 0 Å². The summed E-state index contributed by atoms with van der Waals surface area (Å²) >= 11 is 0. The molecule has 7 rings (SSSR count). The van der Waals surface area contributed by atoms with Crippen molar-refractivity contribution >= 4 is 28.4 Å². The molecule has 208 valence electrons. The summed E-state index contributed by atoms with van der Waals surface area (Å²) in [5.41, 5.74) is 3.22. The Bertz CT molecular complexity index is 1360. The SMILES string of the molecule is CC1CCN(C(=O)Nc2cn[nH]c2-c2cc3c(cn2)c(N2CC(N(C)C)C2)nn3CC2CCOC2)C2(CC2)C1. The second-order valence-corrected chi connectivity index (χ2v) is 12.4. The Kier molecular flexibility index (Phi) is 6.04. The van der Waals surface area contributed by atoms with Crippen LogP contribution in [0, 0.1) is 11.8 Å². The van der Waals surface area contributed by atoms with Crippen LogP contribution in [0.4, 0.5) is 16.3 Å². The summed E-state index contributed by atoms with van der Waals surface area (Å²) in [6.07, 6.45) is 9.02. The Morgan fingerprint density at radius 3 is 2.85 bits per heavy atom. The van der Waals surface area contributed by atoms with Crippen LogP contribution in [0.2, 0.25) is 0 Å². The van der Waals surface area contributed by atoms with Crippen LogP contribution in [0.25, 0.3) is 22.3 Å². The minimum absolute atomic E-state index is 0.0371. The number of pyridine rings is 1. The Morgan fingerprint density at radius 1 is 1.26 bits per heavy atom. The van der Waals surface area contributed by atoms with E-state index in [1.165, 1.54) is 0 Å². The maximum atomic E-state index is 13.4. The molecule has 3 aliphatic heterocycles. The quantitative estimate of drug-likeness (QED) is 0.500. The van der Waals surface area contributed by atoms with Gasteiger partial charge in [0.05, 0.1) is 35.1 Å². The molecule has 3 aromatic rings. The molecule has 4 fully saturated rings. The highest BCUT2D eigenvalue weighted by Crippen LogP contribution is 2.50. The second kappa shape index (κ2) is 9.48. The van der Waals surface area contributed by atoms with Gasteiger partial charge in [0, 0.05) is 56.5 Å². The van der Waals surface area contributed by atoms with Crippen molar-refractivity contribution in [2.75, 3.05) is 57.2 Å². The second-order valence-electron chi connectivity index (χ2n) is 12.4. The van der Waals surface area contributed by atoms with E-state index < -0.39 is 0 Å². The number of rotatable bonds is 6. The van der Waals surface area contributed by atoms with E-state index in [9.17, 15) is 4.79 Å². The maximum Gasteiger partial charge on any atom is 0.322 e. The number of piperidine rings is 1. The average molecular weight is 534 g/mol. The summed E-state index contributed by atoms with van der Waals surface area (Å²) in [5, 5.41) is 16.6. The van der Waals surface area contributed by atoms with E-state index in [1.54, 1.807) is 6.20 Å². The van der Waals surface area contributed by atoms with Crippen LogP contribution in [0.5, 0.6) is 0 Å². The number of carbonyl (C=O) groups excluding carboxylic acids is 1. The van der Waals surface area contributed by atoms with E-state index in [4.69, 9.17) is 14.8 Å². The Labute approximate surface area is 228 Å². The number of carbonyl (C=O) groups is 1. The molecule has 0 bridgehead atoms. The van der Waals surface area contributed by atoms with Crippen molar-refractivity contribution in [3.8, 4) is 11.4 Å². The predicted octanol–water partition coefficient (Wildman–Crippen LogP) is 3.40. The zero-order chi connectivity index (χ0) is 26.7. The molecule has 2 unspecified atom stereocenters. The summed E-state index contributed by atoms with van der Waals surface area (Å²) in [6, 6.07) is 2.58. The predicted molar refractivity (Wildman–Crippen MR) is 150 cm³/mol. The lowest BCUT2D eigenvalue weighted by Crippen LogP contribution is -2.57. The molecule has 39 heavy (non-hydrogen) atoms. The molecule has 2 amide bonds. The molecule has 1 spiro atoms. The normalized spacial score (nSPS) is 24.6. The van der Waals surface area contributed by atoms with Crippen molar-refractivity contribution < 1.29 is 9.53 Å². The fourth-order valence-corrected chi connectivity index (χ4v) is 6.63. The average Bonchev–Trinajstić information content (AvgIpc) is 3.25. The number of likely N-dealkylation sites (N-methyl/N-ethyl adjacent to an activating group) is 1. The molecular weight excluding hydrogens is 494 g/mol. The largest absolute Gasteiger partial charge is 0.381 e. The Morgan fingerprint density at radius 2 is 2.10 bits per heavy atom. The minimum Gasteiger partial charge on any atom is -0.381 e. The number of urea groups is 1. The molecule has 6 heterocycles. The third kappa shape index (κ3) is 4.45. The Balaban J connectivity index is 1.17. The highest BCUT2D eigenvalue weighted by Gasteiger charge is 2.52. The standard InChI is InChI=1S/C28H39N9O2/c1-18-4-8-36(28(11-18)6-7-28)27(38)31-23-13-30-32-25(23)22-10-24-21(12-29-22)26(35-15-20(16-35)34(2)3)33-37(24)14-19-5-9-39-17-19/h10,12-13,18-20H,4-9,11,14-17H2,1-3H3,(H,30,32)(H,31,38). The third-order valence-corrected chi connectivity index (χ3v) is 9.32. The molecule has 1 saturated carbocycles. The van der Waals surface area contributed by atoms with Gasteiger partial charge in [0.2, 0.25) is 0 Å². The lowest BCUT2D eigenvalue weighted by Gasteiger charge is -2.43. The van der Waals surface area contributed by atoms with Gasteiger partial charge in [-0.1, -0.05) is 6.92 Å². The zero-order valence-corrected chi connectivity index (χ0v) is 23.2. The smallest absolute Gasteiger partial charge is 0.322 e. The number of aromatic nitrogens is 5. The number of nitrogens with zero attached hydrogens (tertiary/aromatic N) is 7. The summed E-state index contributed by atoms with van der Waals surface area (Å²) in [7, 11) is 4.26. The molecule has 4 aliphatic rings. The van der Waals surface area contributed by atoms with E-state index in [2.05, 4.69) is 62.0 Å². The zero-order valence-electron chi connectivity index (χ0n) is 23.2. The Hall–Kier alpha value is -3.18. The van der Waals surface area contributed by atoms with Crippen LogP contribution in [-0.2, 0) is 11.3 Å². The van der Waals surface area contributed by atoms with Gasteiger partial charge in [-0.15, -0.1) is 0 Å². The first-order valence-corrected chi connectivity index (χ1v) is 14.4. The third-order valence-electron chi connectivity index (χ3n) is 9.32. The lowest BCUT2D eigenvalue weighted by atomic mass is 9.91. The monoisotopic (exact) mass is 533 g/mol. The molecule has 3 saturated heterocycles. The molecule has 2 N–H and O–H groups in total. The molecule has 2 atom stereocenters. The number of hydrogen-bond donors (Lipinski definition) is 2. The maximum absolute atomic E-state index is 13.4. The number of amides is 2. The van der Waals surface area contributed by atoms with Crippen molar-refractivity contribution in [1.29, 1.82) is 0 Å². The molecule has 3 aromatic heterocycles. The summed E-state index contributed by atoms with van der Waals surface area (Å²) in [5.74, 6) is 2.12. The van der Waals surface area contributed by atoms with Crippen LogP contribution in [0.15, 0.2) is 18.5 Å². The van der Waals surface area contributed by atoms with Crippen molar-refractivity contribution in [1.82, 2.24) is 34.8 Å². The van der Waals surface area contributed by atoms with Crippen LogP contribution < -0.4 is 10.2 Å². The molecular formula is C28H39N9O2. The highest BCUT2D eigenvalue weighted by molar-refractivity contribution is 5.96. The van der Waals surface area contributed by atoms with E-state index >= 15 is 0 Å². The number of likely N-dealkylation sites (tertiary alicyclic amines) is 1. The number of H-pyrrole nitrogens is 1. The van der Waals surface area contributed by atoms with Gasteiger partial charge in [-0.3, -0.25) is 14.8 Å². The highest BCUT2D eigenvalue weighted by atomic mass is 16.5. The van der Waals surface area contributed by atoms with Crippen molar-refractivity contribution in [3.05, 3.63) is 18.5 Å². The van der Waals surface area contributed by atoms with E-state index in [0.29, 0.717) is 23.6 Å². The van der Waals surface area contributed by atoms with Crippen LogP contribution in [0.1, 0.15) is 39.0 Å². The van der Waals surface area contributed by atoms with Gasteiger partial charge in [-0.25, -0.2) is 4.79 Å². The van der Waals surface area contributed by atoms with E-state index in [1.807, 2.05) is 6.20 Å². The number of fused-ring (bicyclic) bond motifs is 1. The number of aromatic amines is 1. The fourth-order valence-electron chi connectivity index (χ4n) is 6.63. The fraction of sp³-hybridized carbons (Fsp3) is 0.643. The minimum atomic E-state index is -0.0371. The van der Waals surface area contributed by atoms with Gasteiger partial charge < -0.3 is 24.8 Å². The van der Waals surface area contributed by atoms with Crippen LogP contribution >= 0.6 is 0 Å². The molecule has 11 nitrogen and oxygen atoms in total. The summed E-state index contributed by atoms with van der Waals surface area (Å²) in [6.45, 7) is 7.42. The summed E-state index contributed by atoms with van der Waals surface area (Å²) < 4.78 is 7.78. The molecule has 11 heteroatoms. The van der Waals surface area contributed by atoms with Gasteiger partial charge >= 0.3 is 6.03 Å². The number of hydrogen-bond acceptors (Lipinski definition) is 7. The van der Waals surface area contributed by atoms with Crippen molar-refractivity contribution in [2.24, 2.45) is 11.8 Å². The van der Waals surface area contributed by atoms with Crippen LogP contribution in [-0.4, -0.2) is 99.3 Å². The number of ether oxygens (including phenoxy) is 1. The lowest BCUT2D eigenvalue weighted by molar-refractivity contribution is 0.128. The number of anilines is 2. The van der Waals surface area contributed by atoms with E-state index in [-0.39, 0.29) is 11.6 Å². The van der Waals surface area contributed by atoms with Gasteiger partial charge in [-0.2, -0.15) is 10.2 Å². The molecule has 0 aromatic carbocycles. The van der Waals surface area contributed by atoms with Crippen molar-refractivity contribution in [3.63, 3.8) is 0 Å². The van der Waals surface area contributed by atoms with Gasteiger partial charge in [0.15, 0.2) is 5.82 Å².